The fourth-order valence-electron chi connectivity index (χ4n) is 4.19. The number of aromatic nitrogens is 3. The Balaban J connectivity index is 1.55. The molecule has 2 heterocycles. The fourth-order valence-corrected chi connectivity index (χ4v) is 4.19. The Morgan fingerprint density at radius 2 is 2.12 bits per heavy atom. The van der Waals surface area contributed by atoms with Crippen molar-refractivity contribution < 1.29 is 5.11 Å². The molecule has 1 aromatic heterocycles. The second-order valence-electron chi connectivity index (χ2n) is 7.40. The van der Waals surface area contributed by atoms with Crippen LogP contribution in [0, 0.1) is 6.92 Å². The van der Waals surface area contributed by atoms with Crippen molar-refractivity contribution in [2.75, 3.05) is 25.0 Å². The summed E-state index contributed by atoms with van der Waals surface area (Å²) in [6, 6.07) is 4.42. The number of fused-ring (bicyclic) bond motifs is 1. The summed E-state index contributed by atoms with van der Waals surface area (Å²) < 4.78 is 0. The minimum absolute atomic E-state index is 0.353. The number of nitrogens with one attached hydrogen (secondary N) is 1. The standard InChI is InChI=1S/C20H27N5O/c1-3-25-11-5-7-15(12-25)22-20-21-13(2)18(23-24-20)17-10-9-14-6-4-8-16(14)19(17)26/h9-10,15,26H,3-8,11-12H2,1-2H3,(H,21,22,24)/t15-/m1/s1. The molecule has 1 fully saturated rings. The van der Waals surface area contributed by atoms with E-state index < -0.39 is 0 Å². The number of hydrogen-bond acceptors (Lipinski definition) is 6. The van der Waals surface area contributed by atoms with Crippen molar-refractivity contribution >= 4 is 5.95 Å². The normalized spacial score (nSPS) is 20.2. The van der Waals surface area contributed by atoms with Gasteiger partial charge in [0, 0.05) is 18.2 Å². The van der Waals surface area contributed by atoms with Gasteiger partial charge < -0.3 is 15.3 Å². The van der Waals surface area contributed by atoms with Crippen LogP contribution in [-0.2, 0) is 12.8 Å². The van der Waals surface area contributed by atoms with Crippen LogP contribution in [0.2, 0.25) is 0 Å². The Hall–Kier alpha value is -2.21. The van der Waals surface area contributed by atoms with Crippen LogP contribution in [-0.4, -0.2) is 50.9 Å². The van der Waals surface area contributed by atoms with Crippen molar-refractivity contribution in [2.24, 2.45) is 0 Å². The molecule has 0 saturated carbocycles. The van der Waals surface area contributed by atoms with Crippen LogP contribution >= 0.6 is 0 Å². The van der Waals surface area contributed by atoms with Gasteiger partial charge in [0.25, 0.3) is 0 Å². The van der Waals surface area contributed by atoms with E-state index in [1.165, 1.54) is 18.5 Å². The maximum absolute atomic E-state index is 10.7. The number of aryl methyl sites for hydroxylation is 2. The lowest BCUT2D eigenvalue weighted by Crippen LogP contribution is -2.42. The molecule has 26 heavy (non-hydrogen) atoms. The molecule has 1 aliphatic carbocycles. The van der Waals surface area contributed by atoms with Gasteiger partial charge in [-0.2, -0.15) is 0 Å². The first-order valence-corrected chi connectivity index (χ1v) is 9.70. The number of likely N-dealkylation sites (tertiary alicyclic amines) is 1. The molecule has 0 spiro atoms. The molecule has 1 atom stereocenters. The van der Waals surface area contributed by atoms with Gasteiger partial charge in [0.2, 0.25) is 5.95 Å². The highest BCUT2D eigenvalue weighted by Gasteiger charge is 2.22. The number of phenolic OH excluding ortho intramolecular Hbond substituents is 1. The largest absolute Gasteiger partial charge is 0.507 e. The molecule has 0 bridgehead atoms. The van der Waals surface area contributed by atoms with Crippen LogP contribution in [0.3, 0.4) is 0 Å². The Morgan fingerprint density at radius 1 is 1.23 bits per heavy atom. The van der Waals surface area contributed by atoms with Crippen molar-refractivity contribution in [3.8, 4) is 17.0 Å². The lowest BCUT2D eigenvalue weighted by Gasteiger charge is -2.32. The Bertz CT molecular complexity index is 807. The molecular formula is C20H27N5O. The monoisotopic (exact) mass is 353 g/mol. The first kappa shape index (κ1) is 17.2. The van der Waals surface area contributed by atoms with Gasteiger partial charge in [-0.1, -0.05) is 13.0 Å². The van der Waals surface area contributed by atoms with Crippen molar-refractivity contribution in [1.29, 1.82) is 0 Å². The lowest BCUT2D eigenvalue weighted by molar-refractivity contribution is 0.226. The van der Waals surface area contributed by atoms with Gasteiger partial charge in [0.1, 0.15) is 11.4 Å². The van der Waals surface area contributed by atoms with Gasteiger partial charge in [0.15, 0.2) is 0 Å². The molecule has 2 aromatic rings. The summed E-state index contributed by atoms with van der Waals surface area (Å²) in [4.78, 5) is 7.06. The predicted molar refractivity (Wildman–Crippen MR) is 102 cm³/mol. The molecular weight excluding hydrogens is 326 g/mol. The summed E-state index contributed by atoms with van der Waals surface area (Å²) in [7, 11) is 0. The van der Waals surface area contributed by atoms with Gasteiger partial charge in [-0.15, -0.1) is 10.2 Å². The highest BCUT2D eigenvalue weighted by molar-refractivity contribution is 5.71. The number of anilines is 1. The van der Waals surface area contributed by atoms with Crippen molar-refractivity contribution in [3.05, 3.63) is 29.0 Å². The average Bonchev–Trinajstić information content (AvgIpc) is 3.13. The summed E-state index contributed by atoms with van der Waals surface area (Å²) in [6.45, 7) is 7.39. The first-order valence-electron chi connectivity index (χ1n) is 9.70. The van der Waals surface area contributed by atoms with Crippen molar-refractivity contribution in [2.45, 2.75) is 52.0 Å². The zero-order chi connectivity index (χ0) is 18.1. The number of benzene rings is 1. The topological polar surface area (TPSA) is 74.2 Å². The Morgan fingerprint density at radius 3 is 2.92 bits per heavy atom. The van der Waals surface area contributed by atoms with E-state index in [1.807, 2.05) is 13.0 Å². The number of hydrogen-bond donors (Lipinski definition) is 2. The van der Waals surface area contributed by atoms with Gasteiger partial charge in [-0.05, 0) is 69.3 Å². The Kier molecular flexibility index (Phi) is 4.76. The highest BCUT2D eigenvalue weighted by atomic mass is 16.3. The molecule has 0 amide bonds. The molecule has 0 radical (unpaired) electrons. The van der Waals surface area contributed by atoms with Crippen molar-refractivity contribution in [1.82, 2.24) is 20.1 Å². The third-order valence-corrected chi connectivity index (χ3v) is 5.65. The number of likely N-dealkylation sites (N-methyl/N-ethyl adjacent to an activating group) is 1. The predicted octanol–water partition coefficient (Wildman–Crippen LogP) is 2.94. The van der Waals surface area contributed by atoms with Crippen LogP contribution in [0.25, 0.3) is 11.3 Å². The molecule has 1 aromatic carbocycles. The summed E-state index contributed by atoms with van der Waals surface area (Å²) >= 11 is 0. The molecule has 2 aliphatic rings. The zero-order valence-electron chi connectivity index (χ0n) is 15.6. The van der Waals surface area contributed by atoms with Gasteiger partial charge in [-0.3, -0.25) is 0 Å². The summed E-state index contributed by atoms with van der Waals surface area (Å²) in [6.07, 6.45) is 5.41. The van der Waals surface area contributed by atoms with E-state index in [1.54, 1.807) is 0 Å². The molecule has 0 unspecified atom stereocenters. The molecule has 138 valence electrons. The van der Waals surface area contributed by atoms with E-state index in [9.17, 15) is 5.11 Å². The average molecular weight is 353 g/mol. The minimum atomic E-state index is 0.353. The number of piperidine rings is 1. The SMILES string of the molecule is CCN1CCC[C@@H](Nc2nnc(-c3ccc4c(c3O)CCC4)c(C)n2)C1. The van der Waals surface area contributed by atoms with Crippen LogP contribution < -0.4 is 5.32 Å². The van der Waals surface area contributed by atoms with E-state index in [-0.39, 0.29) is 0 Å². The molecule has 1 aliphatic heterocycles. The zero-order valence-corrected chi connectivity index (χ0v) is 15.6. The minimum Gasteiger partial charge on any atom is -0.507 e. The van der Waals surface area contributed by atoms with Crippen molar-refractivity contribution in [3.63, 3.8) is 0 Å². The number of aromatic hydroxyl groups is 1. The second-order valence-corrected chi connectivity index (χ2v) is 7.40. The molecule has 4 rings (SSSR count). The van der Waals surface area contributed by atoms with Crippen LogP contribution in [0.1, 0.15) is 43.0 Å². The van der Waals surface area contributed by atoms with E-state index in [0.717, 1.165) is 55.6 Å². The summed E-state index contributed by atoms with van der Waals surface area (Å²) in [5.74, 6) is 0.931. The summed E-state index contributed by atoms with van der Waals surface area (Å²) in [5.41, 5.74) is 4.51. The maximum Gasteiger partial charge on any atom is 0.243 e. The quantitative estimate of drug-likeness (QED) is 0.880. The van der Waals surface area contributed by atoms with Crippen LogP contribution in [0.4, 0.5) is 5.95 Å². The number of nitrogens with zero attached hydrogens (tertiary/aromatic N) is 4. The fraction of sp³-hybridized carbons (Fsp3) is 0.550. The van der Waals surface area contributed by atoms with E-state index in [4.69, 9.17) is 0 Å². The smallest absolute Gasteiger partial charge is 0.243 e. The Labute approximate surface area is 154 Å². The first-order chi connectivity index (χ1) is 12.7. The van der Waals surface area contributed by atoms with E-state index in [0.29, 0.717) is 23.4 Å². The van der Waals surface area contributed by atoms with Crippen LogP contribution in [0.15, 0.2) is 12.1 Å². The molecule has 6 heteroatoms. The van der Waals surface area contributed by atoms with Crippen LogP contribution in [0.5, 0.6) is 5.75 Å². The number of rotatable bonds is 4. The highest BCUT2D eigenvalue weighted by Crippen LogP contribution is 2.38. The third kappa shape index (κ3) is 3.26. The second kappa shape index (κ2) is 7.19. The summed E-state index contributed by atoms with van der Waals surface area (Å²) in [5, 5.41) is 22.8. The molecule has 1 saturated heterocycles. The van der Waals surface area contributed by atoms with Gasteiger partial charge in [0.05, 0.1) is 5.69 Å². The number of phenols is 1. The third-order valence-electron chi connectivity index (χ3n) is 5.65. The lowest BCUT2D eigenvalue weighted by atomic mass is 10.0. The maximum atomic E-state index is 10.7. The van der Waals surface area contributed by atoms with E-state index in [2.05, 4.69) is 38.4 Å². The molecule has 6 nitrogen and oxygen atoms in total. The van der Waals surface area contributed by atoms with Gasteiger partial charge >= 0.3 is 0 Å². The van der Waals surface area contributed by atoms with Gasteiger partial charge in [-0.25, -0.2) is 4.98 Å². The molecule has 2 N–H and O–H groups in total. The van der Waals surface area contributed by atoms with E-state index >= 15 is 0 Å².